The molecule has 0 unspecified atom stereocenters. The summed E-state index contributed by atoms with van der Waals surface area (Å²) in [6, 6.07) is 7.94. The molecular formula is C17H24O3. The number of aliphatic hydroxyl groups excluding tert-OH is 1. The lowest BCUT2D eigenvalue weighted by molar-refractivity contribution is -0.123. The van der Waals surface area contributed by atoms with Crippen LogP contribution in [-0.4, -0.2) is 24.6 Å². The average molecular weight is 276 g/mol. The number of rotatable bonds is 4. The van der Waals surface area contributed by atoms with Gasteiger partial charge in [-0.25, -0.2) is 0 Å². The van der Waals surface area contributed by atoms with E-state index in [4.69, 9.17) is 4.74 Å². The smallest absolute Gasteiger partial charge is 0.132 e. The van der Waals surface area contributed by atoms with E-state index < -0.39 is 0 Å². The van der Waals surface area contributed by atoms with Crippen LogP contribution in [0.1, 0.15) is 31.2 Å². The number of carbonyl (C=O) groups excluding carboxylic acids is 1. The van der Waals surface area contributed by atoms with Crippen molar-refractivity contribution in [3.05, 3.63) is 43.0 Å². The van der Waals surface area contributed by atoms with Crippen molar-refractivity contribution in [1.82, 2.24) is 0 Å². The Labute approximate surface area is 121 Å². The summed E-state index contributed by atoms with van der Waals surface area (Å²) in [7, 11) is 1.65. The highest BCUT2D eigenvalue weighted by Gasteiger charge is 2.34. The first-order valence-corrected chi connectivity index (χ1v) is 6.93. The summed E-state index contributed by atoms with van der Waals surface area (Å²) in [5.41, 5.74) is 1.04. The summed E-state index contributed by atoms with van der Waals surface area (Å²) >= 11 is 0. The van der Waals surface area contributed by atoms with Gasteiger partial charge in [0.15, 0.2) is 0 Å². The van der Waals surface area contributed by atoms with E-state index in [1.807, 2.05) is 18.2 Å². The van der Waals surface area contributed by atoms with Gasteiger partial charge in [0.2, 0.25) is 0 Å². The minimum absolute atomic E-state index is 0.125. The van der Waals surface area contributed by atoms with Gasteiger partial charge in [-0.15, -0.1) is 13.2 Å². The number of benzene rings is 1. The van der Waals surface area contributed by atoms with Crippen LogP contribution in [-0.2, 0) is 11.2 Å². The molecule has 1 aromatic rings. The van der Waals surface area contributed by atoms with E-state index in [-0.39, 0.29) is 12.0 Å². The number of Topliss-reactive ketones (excluding diaryl/α,β-unsaturated/α-hetero) is 1. The second kappa shape index (κ2) is 7.85. The summed E-state index contributed by atoms with van der Waals surface area (Å²) in [6.45, 7) is 6.15. The Bertz CT molecular complexity index is 430. The van der Waals surface area contributed by atoms with E-state index in [2.05, 4.69) is 19.2 Å². The zero-order chi connectivity index (χ0) is 15.0. The monoisotopic (exact) mass is 276 g/mol. The molecule has 0 saturated heterocycles. The van der Waals surface area contributed by atoms with Gasteiger partial charge in [0.05, 0.1) is 7.11 Å². The Morgan fingerprint density at radius 3 is 2.50 bits per heavy atom. The van der Waals surface area contributed by atoms with E-state index in [1.54, 1.807) is 7.11 Å². The van der Waals surface area contributed by atoms with Gasteiger partial charge in [0, 0.05) is 19.4 Å². The molecule has 0 heterocycles. The Kier molecular flexibility index (Phi) is 6.46. The lowest BCUT2D eigenvalue weighted by atomic mass is 9.70. The molecule has 0 bridgehead atoms. The predicted molar refractivity (Wildman–Crippen MR) is 80.9 cm³/mol. The third-order valence-corrected chi connectivity index (χ3v) is 3.92. The molecule has 1 N–H and O–H groups in total. The summed E-state index contributed by atoms with van der Waals surface area (Å²) in [4.78, 5) is 11.3. The summed E-state index contributed by atoms with van der Waals surface area (Å²) in [5.74, 6) is 1.16. The van der Waals surface area contributed by atoms with Gasteiger partial charge >= 0.3 is 0 Å². The second-order valence-corrected chi connectivity index (χ2v) is 5.23. The van der Waals surface area contributed by atoms with Crippen molar-refractivity contribution in [3.8, 4) is 5.75 Å². The van der Waals surface area contributed by atoms with Crippen LogP contribution in [0.25, 0.3) is 0 Å². The molecular weight excluding hydrogens is 252 g/mol. The summed E-state index contributed by atoms with van der Waals surface area (Å²) < 4.78 is 5.21. The van der Waals surface area contributed by atoms with Gasteiger partial charge in [0.25, 0.3) is 0 Å². The first-order chi connectivity index (χ1) is 9.67. The molecule has 2 rings (SSSR count). The molecule has 0 spiro atoms. The SMILES string of the molecule is C=C.COc1cccc(CC2(CO)CCC(=O)CC2)c1. The van der Waals surface area contributed by atoms with E-state index in [1.165, 1.54) is 0 Å². The normalized spacial score (nSPS) is 17.0. The van der Waals surface area contributed by atoms with Gasteiger partial charge in [0.1, 0.15) is 11.5 Å². The zero-order valence-corrected chi connectivity index (χ0v) is 12.2. The van der Waals surface area contributed by atoms with Crippen LogP contribution in [0.5, 0.6) is 5.75 Å². The summed E-state index contributed by atoms with van der Waals surface area (Å²) in [6.07, 6.45) is 3.60. The third kappa shape index (κ3) is 4.20. The Morgan fingerprint density at radius 2 is 1.95 bits per heavy atom. The molecule has 3 nitrogen and oxygen atoms in total. The molecule has 0 amide bonds. The van der Waals surface area contributed by atoms with E-state index in [9.17, 15) is 9.90 Å². The standard InChI is InChI=1S/C15H20O3.C2H4/c1-18-14-4-2-3-12(9-14)10-15(11-16)7-5-13(17)6-8-15;1-2/h2-4,9,16H,5-8,10-11H2,1H3;1-2H2. The molecule has 1 aromatic carbocycles. The molecule has 1 fully saturated rings. The van der Waals surface area contributed by atoms with E-state index in [0.717, 1.165) is 30.6 Å². The van der Waals surface area contributed by atoms with Crippen LogP contribution in [0.15, 0.2) is 37.4 Å². The first-order valence-electron chi connectivity index (χ1n) is 6.93. The highest BCUT2D eigenvalue weighted by Crippen LogP contribution is 2.38. The lowest BCUT2D eigenvalue weighted by Gasteiger charge is -2.35. The molecule has 1 saturated carbocycles. The quantitative estimate of drug-likeness (QED) is 0.859. The molecule has 110 valence electrons. The van der Waals surface area contributed by atoms with Crippen LogP contribution in [0.3, 0.4) is 0 Å². The minimum Gasteiger partial charge on any atom is -0.497 e. The number of ketones is 1. The Morgan fingerprint density at radius 1 is 1.30 bits per heavy atom. The highest BCUT2D eigenvalue weighted by molar-refractivity contribution is 5.79. The maximum Gasteiger partial charge on any atom is 0.132 e. The van der Waals surface area contributed by atoms with Gasteiger partial charge < -0.3 is 9.84 Å². The molecule has 0 radical (unpaired) electrons. The predicted octanol–water partition coefficient (Wildman–Crippen LogP) is 3.16. The fourth-order valence-electron chi connectivity index (χ4n) is 2.67. The number of hydrogen-bond donors (Lipinski definition) is 1. The van der Waals surface area contributed by atoms with Crippen molar-refractivity contribution < 1.29 is 14.6 Å². The topological polar surface area (TPSA) is 46.5 Å². The van der Waals surface area contributed by atoms with E-state index >= 15 is 0 Å². The highest BCUT2D eigenvalue weighted by atomic mass is 16.5. The lowest BCUT2D eigenvalue weighted by Crippen LogP contribution is -2.33. The number of hydrogen-bond acceptors (Lipinski definition) is 3. The van der Waals surface area contributed by atoms with Crippen molar-refractivity contribution >= 4 is 5.78 Å². The van der Waals surface area contributed by atoms with Crippen molar-refractivity contribution in [3.63, 3.8) is 0 Å². The fraction of sp³-hybridized carbons (Fsp3) is 0.471. The maximum atomic E-state index is 11.3. The van der Waals surface area contributed by atoms with Crippen molar-refractivity contribution in [1.29, 1.82) is 0 Å². The van der Waals surface area contributed by atoms with Crippen LogP contribution in [0, 0.1) is 5.41 Å². The molecule has 3 heteroatoms. The van der Waals surface area contributed by atoms with Crippen molar-refractivity contribution in [2.24, 2.45) is 5.41 Å². The average Bonchev–Trinajstić information content (AvgIpc) is 2.52. The summed E-state index contributed by atoms with van der Waals surface area (Å²) in [5, 5.41) is 9.67. The fourth-order valence-corrected chi connectivity index (χ4v) is 2.67. The number of aliphatic hydroxyl groups is 1. The van der Waals surface area contributed by atoms with Crippen molar-refractivity contribution in [2.75, 3.05) is 13.7 Å². The van der Waals surface area contributed by atoms with Crippen LogP contribution in [0.2, 0.25) is 0 Å². The molecule has 0 aliphatic heterocycles. The minimum atomic E-state index is -0.125. The van der Waals surface area contributed by atoms with Gasteiger partial charge in [-0.1, -0.05) is 12.1 Å². The molecule has 0 aromatic heterocycles. The zero-order valence-electron chi connectivity index (χ0n) is 12.2. The van der Waals surface area contributed by atoms with Gasteiger partial charge in [-0.2, -0.15) is 0 Å². The number of ether oxygens (including phenoxy) is 1. The van der Waals surface area contributed by atoms with Gasteiger partial charge in [-0.3, -0.25) is 4.79 Å². The van der Waals surface area contributed by atoms with Crippen LogP contribution in [0.4, 0.5) is 0 Å². The molecule has 20 heavy (non-hydrogen) atoms. The van der Waals surface area contributed by atoms with Gasteiger partial charge in [-0.05, 0) is 42.4 Å². The Hall–Kier alpha value is -1.61. The van der Waals surface area contributed by atoms with Crippen molar-refractivity contribution in [2.45, 2.75) is 32.1 Å². The Balaban J connectivity index is 0.000000956. The van der Waals surface area contributed by atoms with Crippen LogP contribution < -0.4 is 4.74 Å². The molecule has 0 atom stereocenters. The van der Waals surface area contributed by atoms with Crippen LogP contribution >= 0.6 is 0 Å². The molecule has 1 aliphatic carbocycles. The van der Waals surface area contributed by atoms with E-state index in [0.29, 0.717) is 18.6 Å². The first kappa shape index (κ1) is 16.4. The largest absolute Gasteiger partial charge is 0.497 e. The maximum absolute atomic E-state index is 11.3. The number of carbonyl (C=O) groups is 1. The second-order valence-electron chi connectivity index (χ2n) is 5.23. The molecule has 1 aliphatic rings. The third-order valence-electron chi connectivity index (χ3n) is 3.92. The number of methoxy groups -OCH3 is 1.